The molecule has 0 heterocycles. The van der Waals surface area contributed by atoms with Crippen LogP contribution in [0.2, 0.25) is 5.02 Å². The number of hydrogen-bond acceptors (Lipinski definition) is 4. The predicted molar refractivity (Wildman–Crippen MR) is 90.2 cm³/mol. The highest BCUT2D eigenvalue weighted by molar-refractivity contribution is 6.33. The molecule has 7 heteroatoms. The lowest BCUT2D eigenvalue weighted by Crippen LogP contribution is -2.43. The molecular weight excluding hydrogens is 332 g/mol. The van der Waals surface area contributed by atoms with Gasteiger partial charge in [0.2, 0.25) is 0 Å². The van der Waals surface area contributed by atoms with E-state index in [9.17, 15) is 9.59 Å². The van der Waals surface area contributed by atoms with Crippen molar-refractivity contribution in [1.82, 2.24) is 10.9 Å². The summed E-state index contributed by atoms with van der Waals surface area (Å²) in [5.41, 5.74) is 4.81. The minimum absolute atomic E-state index is 0.239. The van der Waals surface area contributed by atoms with Crippen LogP contribution in [0.5, 0.6) is 11.5 Å². The number of carbonyl (C=O) groups excluding carboxylic acids is 2. The van der Waals surface area contributed by atoms with Gasteiger partial charge in [0, 0.05) is 0 Å². The monoisotopic (exact) mass is 348 g/mol. The summed E-state index contributed by atoms with van der Waals surface area (Å²) in [4.78, 5) is 23.6. The van der Waals surface area contributed by atoms with Gasteiger partial charge in [0.1, 0.15) is 11.5 Å². The van der Waals surface area contributed by atoms with Gasteiger partial charge in [0.25, 0.3) is 11.8 Å². The van der Waals surface area contributed by atoms with E-state index >= 15 is 0 Å². The van der Waals surface area contributed by atoms with Gasteiger partial charge in [-0.2, -0.15) is 0 Å². The first kappa shape index (κ1) is 17.6. The second-order valence-electron chi connectivity index (χ2n) is 4.68. The van der Waals surface area contributed by atoms with E-state index in [2.05, 4.69) is 10.9 Å². The molecule has 0 fully saturated rings. The molecule has 0 aliphatic rings. The number of rotatable bonds is 6. The quantitative estimate of drug-likeness (QED) is 0.787. The first-order valence-electron chi connectivity index (χ1n) is 7.29. The van der Waals surface area contributed by atoms with Crippen LogP contribution < -0.4 is 20.3 Å². The molecule has 0 unspecified atom stereocenters. The largest absolute Gasteiger partial charge is 0.494 e. The van der Waals surface area contributed by atoms with Crippen LogP contribution in [0.1, 0.15) is 17.3 Å². The molecule has 0 bridgehead atoms. The van der Waals surface area contributed by atoms with Crippen molar-refractivity contribution >= 4 is 23.4 Å². The third-order valence-corrected chi connectivity index (χ3v) is 3.27. The fraction of sp³-hybridized carbons (Fsp3) is 0.176. The summed E-state index contributed by atoms with van der Waals surface area (Å²) in [5.74, 6) is 0.242. The molecule has 2 aromatic rings. The van der Waals surface area contributed by atoms with Crippen LogP contribution in [0, 0.1) is 0 Å². The number of benzene rings is 2. The first-order chi connectivity index (χ1) is 11.6. The van der Waals surface area contributed by atoms with Crippen LogP contribution in [0.4, 0.5) is 0 Å². The summed E-state index contributed by atoms with van der Waals surface area (Å²) >= 11 is 5.90. The Morgan fingerprint density at radius 1 is 0.958 bits per heavy atom. The van der Waals surface area contributed by atoms with Gasteiger partial charge < -0.3 is 9.47 Å². The van der Waals surface area contributed by atoms with Crippen LogP contribution >= 0.6 is 11.6 Å². The average Bonchev–Trinajstić information content (AvgIpc) is 2.60. The van der Waals surface area contributed by atoms with Crippen LogP contribution in [-0.2, 0) is 4.79 Å². The smallest absolute Gasteiger partial charge is 0.276 e. The molecule has 0 aliphatic carbocycles. The van der Waals surface area contributed by atoms with Crippen molar-refractivity contribution < 1.29 is 19.1 Å². The maximum atomic E-state index is 11.9. The highest BCUT2D eigenvalue weighted by atomic mass is 35.5. The third-order valence-electron chi connectivity index (χ3n) is 2.94. The van der Waals surface area contributed by atoms with Gasteiger partial charge in [0.15, 0.2) is 6.61 Å². The van der Waals surface area contributed by atoms with Gasteiger partial charge >= 0.3 is 0 Å². The molecule has 2 aromatic carbocycles. The summed E-state index contributed by atoms with van der Waals surface area (Å²) in [5, 5.41) is 0.301. The van der Waals surface area contributed by atoms with Crippen molar-refractivity contribution in [2.24, 2.45) is 0 Å². The second-order valence-corrected chi connectivity index (χ2v) is 5.08. The van der Waals surface area contributed by atoms with E-state index in [-0.39, 0.29) is 12.2 Å². The Balaban J connectivity index is 1.77. The lowest BCUT2D eigenvalue weighted by molar-refractivity contribution is -0.123. The molecular formula is C17H17ClN2O4. The van der Waals surface area contributed by atoms with E-state index in [1.54, 1.807) is 48.5 Å². The Labute approximate surface area is 144 Å². The van der Waals surface area contributed by atoms with E-state index in [1.807, 2.05) is 6.92 Å². The van der Waals surface area contributed by atoms with E-state index in [0.717, 1.165) is 5.75 Å². The van der Waals surface area contributed by atoms with Crippen molar-refractivity contribution in [1.29, 1.82) is 0 Å². The highest BCUT2D eigenvalue weighted by Gasteiger charge is 2.10. The molecule has 0 aromatic heterocycles. The molecule has 0 atom stereocenters. The minimum atomic E-state index is -0.505. The fourth-order valence-corrected chi connectivity index (χ4v) is 2.04. The van der Waals surface area contributed by atoms with Gasteiger partial charge in [-0.05, 0) is 43.3 Å². The Kier molecular flexibility index (Phi) is 6.45. The number of ether oxygens (including phenoxy) is 2. The molecule has 0 spiro atoms. The summed E-state index contributed by atoms with van der Waals surface area (Å²) < 4.78 is 10.6. The molecule has 0 saturated heterocycles. The number of nitrogens with one attached hydrogen (secondary N) is 2. The summed E-state index contributed by atoms with van der Waals surface area (Å²) in [7, 11) is 0. The molecule has 6 nitrogen and oxygen atoms in total. The van der Waals surface area contributed by atoms with E-state index in [0.29, 0.717) is 17.4 Å². The normalized spacial score (nSPS) is 9.92. The second kappa shape index (κ2) is 8.79. The van der Waals surface area contributed by atoms with Crippen LogP contribution in [0.25, 0.3) is 0 Å². The number of amides is 2. The Hall–Kier alpha value is -2.73. The third kappa shape index (κ3) is 5.17. The predicted octanol–water partition coefficient (Wildman–Crippen LogP) is 2.58. The van der Waals surface area contributed by atoms with Crippen LogP contribution in [-0.4, -0.2) is 25.0 Å². The zero-order valence-corrected chi connectivity index (χ0v) is 13.8. The highest BCUT2D eigenvalue weighted by Crippen LogP contribution is 2.17. The SMILES string of the molecule is CCOc1ccc(OCC(=O)NNC(=O)c2ccccc2Cl)cc1. The molecule has 126 valence electrons. The van der Waals surface area contributed by atoms with Crippen molar-refractivity contribution in [3.05, 3.63) is 59.1 Å². The summed E-state index contributed by atoms with van der Waals surface area (Å²) in [6.45, 7) is 2.23. The standard InChI is InChI=1S/C17H17ClN2O4/c1-2-23-12-7-9-13(10-8-12)24-11-16(21)19-20-17(22)14-5-3-4-6-15(14)18/h3-10H,2,11H2,1H3,(H,19,21)(H,20,22). The van der Waals surface area contributed by atoms with E-state index in [4.69, 9.17) is 21.1 Å². The van der Waals surface area contributed by atoms with Crippen LogP contribution in [0.3, 0.4) is 0 Å². The zero-order chi connectivity index (χ0) is 17.4. The minimum Gasteiger partial charge on any atom is -0.494 e. The van der Waals surface area contributed by atoms with Gasteiger partial charge in [-0.15, -0.1) is 0 Å². The van der Waals surface area contributed by atoms with Crippen molar-refractivity contribution in [2.45, 2.75) is 6.92 Å². The Morgan fingerprint density at radius 3 is 2.21 bits per heavy atom. The molecule has 24 heavy (non-hydrogen) atoms. The zero-order valence-electron chi connectivity index (χ0n) is 13.0. The maximum absolute atomic E-state index is 11.9. The number of hydrazine groups is 1. The first-order valence-corrected chi connectivity index (χ1v) is 7.67. The topological polar surface area (TPSA) is 76.7 Å². The fourth-order valence-electron chi connectivity index (χ4n) is 1.82. The van der Waals surface area contributed by atoms with Gasteiger partial charge in [-0.25, -0.2) is 0 Å². The average molecular weight is 349 g/mol. The molecule has 2 amide bonds. The van der Waals surface area contributed by atoms with Gasteiger partial charge in [0.05, 0.1) is 17.2 Å². The van der Waals surface area contributed by atoms with Crippen LogP contribution in [0.15, 0.2) is 48.5 Å². The summed E-state index contributed by atoms with van der Waals surface area (Å²) in [6.07, 6.45) is 0. The lowest BCUT2D eigenvalue weighted by Gasteiger charge is -2.10. The lowest BCUT2D eigenvalue weighted by atomic mass is 10.2. The molecule has 2 rings (SSSR count). The Morgan fingerprint density at radius 2 is 1.58 bits per heavy atom. The number of hydrogen-bond donors (Lipinski definition) is 2. The van der Waals surface area contributed by atoms with Crippen molar-refractivity contribution in [3.63, 3.8) is 0 Å². The van der Waals surface area contributed by atoms with Gasteiger partial charge in [-0.3, -0.25) is 20.4 Å². The van der Waals surface area contributed by atoms with Gasteiger partial charge in [-0.1, -0.05) is 23.7 Å². The number of carbonyl (C=O) groups is 2. The molecule has 2 N–H and O–H groups in total. The Bertz CT molecular complexity index is 704. The van der Waals surface area contributed by atoms with Crippen molar-refractivity contribution in [3.8, 4) is 11.5 Å². The van der Waals surface area contributed by atoms with E-state index < -0.39 is 11.8 Å². The maximum Gasteiger partial charge on any atom is 0.276 e. The summed E-state index contributed by atoms with van der Waals surface area (Å²) in [6, 6.07) is 13.4. The van der Waals surface area contributed by atoms with Crippen molar-refractivity contribution in [2.75, 3.05) is 13.2 Å². The molecule has 0 radical (unpaired) electrons. The van der Waals surface area contributed by atoms with E-state index in [1.165, 1.54) is 0 Å². The number of halogens is 1. The molecule has 0 saturated carbocycles. The molecule has 0 aliphatic heterocycles.